The van der Waals surface area contributed by atoms with Crippen molar-refractivity contribution in [2.24, 2.45) is 0 Å². The average Bonchev–Trinajstić information content (AvgIpc) is 3.25. The molecule has 7 aromatic carbocycles. The first-order valence-electron chi connectivity index (χ1n) is 21.1. The predicted octanol–water partition coefficient (Wildman–Crippen LogP) is 14.4. The number of carbonyl (C=O) groups is 3. The third-order valence-electron chi connectivity index (χ3n) is 11.4. The van der Waals surface area contributed by atoms with E-state index in [1.165, 1.54) is 44.5 Å². The Hall–Kier alpha value is -6.65. The van der Waals surface area contributed by atoms with Crippen LogP contribution in [0, 0.1) is 90.0 Å². The van der Waals surface area contributed by atoms with Crippen LogP contribution >= 0.6 is 0 Å². The van der Waals surface area contributed by atoms with E-state index in [4.69, 9.17) is 4.74 Å². The van der Waals surface area contributed by atoms with Crippen molar-refractivity contribution >= 4 is 17.5 Å². The summed E-state index contributed by atoms with van der Waals surface area (Å²) >= 11 is 0. The lowest BCUT2D eigenvalue weighted by Crippen LogP contribution is -2.08. The fourth-order valence-electron chi connectivity index (χ4n) is 6.32. The molecule has 7 rings (SSSR count). The molecule has 0 bridgehead atoms. The molecule has 0 heterocycles. The lowest BCUT2D eigenvalue weighted by Gasteiger charge is -2.06. The van der Waals surface area contributed by atoms with E-state index in [9.17, 15) is 14.4 Å². The Morgan fingerprint density at radius 2 is 0.661 bits per heavy atom. The van der Waals surface area contributed by atoms with Gasteiger partial charge in [0.1, 0.15) is 5.75 Å². The third kappa shape index (κ3) is 13.7. The Kier molecular flexibility index (Phi) is 17.2. The predicted molar refractivity (Wildman–Crippen MR) is 258 cm³/mol. The van der Waals surface area contributed by atoms with Gasteiger partial charge in [0.05, 0.1) is 5.56 Å². The number of carbonyl (C=O) groups excluding carboxylic acids is 3. The van der Waals surface area contributed by atoms with Crippen molar-refractivity contribution in [3.63, 3.8) is 0 Å². The van der Waals surface area contributed by atoms with Crippen LogP contribution in [-0.4, -0.2) is 17.5 Å². The van der Waals surface area contributed by atoms with Crippen LogP contribution in [-0.2, 0) is 0 Å². The minimum absolute atomic E-state index is 0.0908. The second-order valence-electron chi connectivity index (χ2n) is 16.4. The van der Waals surface area contributed by atoms with E-state index in [2.05, 4.69) is 53.7 Å². The van der Waals surface area contributed by atoms with Crippen LogP contribution in [0.25, 0.3) is 0 Å². The van der Waals surface area contributed by atoms with Gasteiger partial charge in [-0.1, -0.05) is 114 Å². The van der Waals surface area contributed by atoms with E-state index in [0.29, 0.717) is 11.3 Å². The number of benzene rings is 7. The first-order chi connectivity index (χ1) is 29.3. The molecule has 0 saturated heterocycles. The van der Waals surface area contributed by atoms with Gasteiger partial charge in [-0.15, -0.1) is 0 Å². The quantitative estimate of drug-likeness (QED) is 0.0952. The standard InChI is InChI=1S/C16H16O2.2C16H16O.C10H14/c1-11-4-8-15(9-5-11)18-16(17)14-7-6-12(2)13(3)10-14;1-11-4-7-14(8-5-11)16(17)15-9-6-12(2)13(3)10-15;1-11-5-4-6-14(9-11)16(17)15-8-7-12(2)13(3)10-15;1-7-5-6-8(2)10(4)9(7)3/h4-10H,1-3H3;2*4-10H,1-3H3;5-6H,1-4H3. The third-order valence-corrected chi connectivity index (χ3v) is 11.4. The summed E-state index contributed by atoms with van der Waals surface area (Å²) in [5, 5.41) is 0. The summed E-state index contributed by atoms with van der Waals surface area (Å²) in [6, 6.07) is 44.5. The molecule has 0 radical (unpaired) electrons. The largest absolute Gasteiger partial charge is 0.423 e. The second kappa shape index (κ2) is 22.3. The molecule has 318 valence electrons. The molecule has 0 atom stereocenters. The average molecular weight is 823 g/mol. The summed E-state index contributed by atoms with van der Waals surface area (Å²) in [5.41, 5.74) is 19.7. The van der Waals surface area contributed by atoms with E-state index in [1.54, 1.807) is 18.2 Å². The van der Waals surface area contributed by atoms with Gasteiger partial charge in [-0.05, 0) is 188 Å². The van der Waals surface area contributed by atoms with Crippen molar-refractivity contribution < 1.29 is 19.1 Å². The van der Waals surface area contributed by atoms with Gasteiger partial charge in [-0.2, -0.15) is 0 Å². The summed E-state index contributed by atoms with van der Waals surface area (Å²) < 4.78 is 5.31. The van der Waals surface area contributed by atoms with E-state index >= 15 is 0 Å². The van der Waals surface area contributed by atoms with Crippen molar-refractivity contribution in [1.29, 1.82) is 0 Å². The van der Waals surface area contributed by atoms with E-state index in [-0.39, 0.29) is 17.5 Å². The van der Waals surface area contributed by atoms with Crippen LogP contribution < -0.4 is 4.74 Å². The Morgan fingerprint density at radius 1 is 0.306 bits per heavy atom. The Bertz CT molecular complexity index is 2640. The number of hydrogen-bond acceptors (Lipinski definition) is 4. The Labute approximate surface area is 370 Å². The van der Waals surface area contributed by atoms with Gasteiger partial charge in [0.25, 0.3) is 0 Å². The first kappa shape index (κ1) is 48.0. The maximum atomic E-state index is 12.3. The maximum Gasteiger partial charge on any atom is 0.343 e. The van der Waals surface area contributed by atoms with Crippen LogP contribution in [0.15, 0.2) is 140 Å². The summed E-state index contributed by atoms with van der Waals surface area (Å²) in [6.07, 6.45) is 0. The fraction of sp³-hybridized carbons (Fsp3) is 0.224. The highest BCUT2D eigenvalue weighted by molar-refractivity contribution is 6.09. The summed E-state index contributed by atoms with van der Waals surface area (Å²) in [5.74, 6) is 0.440. The van der Waals surface area contributed by atoms with Crippen LogP contribution in [0.5, 0.6) is 5.75 Å². The molecule has 0 N–H and O–H groups in total. The fourth-order valence-corrected chi connectivity index (χ4v) is 6.32. The molecule has 4 heteroatoms. The SMILES string of the molecule is Cc1ccc(C(=O)c2ccc(C)c(C)c2)cc1.Cc1ccc(C)c(C)c1C.Cc1ccc(OC(=O)c2ccc(C)c(C)c2)cc1.Cc1cccc(C(=O)c2ccc(C)c(C)c2)c1. The number of ether oxygens (including phenoxy) is 1. The monoisotopic (exact) mass is 822 g/mol. The van der Waals surface area contributed by atoms with Gasteiger partial charge >= 0.3 is 5.97 Å². The van der Waals surface area contributed by atoms with Gasteiger partial charge < -0.3 is 4.74 Å². The summed E-state index contributed by atoms with van der Waals surface area (Å²) in [7, 11) is 0. The smallest absolute Gasteiger partial charge is 0.343 e. The van der Waals surface area contributed by atoms with Crippen LogP contribution in [0.4, 0.5) is 0 Å². The van der Waals surface area contributed by atoms with Gasteiger partial charge in [-0.25, -0.2) is 4.79 Å². The molecular weight excluding hydrogens is 761 g/mol. The molecule has 7 aromatic rings. The highest BCUT2D eigenvalue weighted by Gasteiger charge is 2.12. The number of ketones is 2. The molecule has 0 amide bonds. The molecule has 0 unspecified atom stereocenters. The molecule has 0 spiro atoms. The highest BCUT2D eigenvalue weighted by Crippen LogP contribution is 2.19. The van der Waals surface area contributed by atoms with Crippen molar-refractivity contribution in [2.75, 3.05) is 0 Å². The summed E-state index contributed by atoms with van der Waals surface area (Å²) in [6.45, 7) is 26.8. The normalized spacial score (nSPS) is 10.2. The van der Waals surface area contributed by atoms with Crippen LogP contribution in [0.1, 0.15) is 115 Å². The number of hydrogen-bond donors (Lipinski definition) is 0. The minimum Gasteiger partial charge on any atom is -0.423 e. The van der Waals surface area contributed by atoms with Gasteiger partial charge in [0, 0.05) is 22.3 Å². The lowest BCUT2D eigenvalue weighted by atomic mass is 9.98. The molecule has 62 heavy (non-hydrogen) atoms. The zero-order valence-electron chi connectivity index (χ0n) is 38.9. The van der Waals surface area contributed by atoms with E-state index < -0.39 is 0 Å². The lowest BCUT2D eigenvalue weighted by molar-refractivity contribution is 0.0734. The van der Waals surface area contributed by atoms with E-state index in [1.807, 2.05) is 158 Å². The maximum absolute atomic E-state index is 12.3. The second-order valence-corrected chi connectivity index (χ2v) is 16.4. The first-order valence-corrected chi connectivity index (χ1v) is 21.1. The van der Waals surface area contributed by atoms with Gasteiger partial charge in [-0.3, -0.25) is 9.59 Å². The van der Waals surface area contributed by atoms with Crippen molar-refractivity contribution in [3.05, 3.63) is 240 Å². The Balaban J connectivity index is 0.000000185. The van der Waals surface area contributed by atoms with Crippen LogP contribution in [0.2, 0.25) is 0 Å². The van der Waals surface area contributed by atoms with Crippen molar-refractivity contribution in [1.82, 2.24) is 0 Å². The van der Waals surface area contributed by atoms with Crippen LogP contribution in [0.3, 0.4) is 0 Å². The number of esters is 1. The zero-order valence-corrected chi connectivity index (χ0v) is 38.9. The molecule has 0 saturated carbocycles. The minimum atomic E-state index is -0.318. The van der Waals surface area contributed by atoms with Gasteiger partial charge in [0.15, 0.2) is 11.6 Å². The highest BCUT2D eigenvalue weighted by atomic mass is 16.5. The molecule has 0 aliphatic rings. The number of rotatable bonds is 6. The molecular formula is C58H62O4. The number of aryl methyl sites for hydroxylation is 11. The van der Waals surface area contributed by atoms with Crippen molar-refractivity contribution in [2.45, 2.75) is 90.0 Å². The topological polar surface area (TPSA) is 60.4 Å². The van der Waals surface area contributed by atoms with Gasteiger partial charge in [0.2, 0.25) is 0 Å². The van der Waals surface area contributed by atoms with E-state index in [0.717, 1.165) is 50.1 Å². The summed E-state index contributed by atoms with van der Waals surface area (Å²) in [4.78, 5) is 36.4. The van der Waals surface area contributed by atoms with Crippen molar-refractivity contribution in [3.8, 4) is 5.75 Å². The zero-order chi connectivity index (χ0) is 45.7. The molecule has 0 aliphatic carbocycles. The molecule has 0 aliphatic heterocycles. The Morgan fingerprint density at radius 3 is 1.10 bits per heavy atom. The molecule has 0 aromatic heterocycles. The molecule has 0 fully saturated rings. The molecule has 4 nitrogen and oxygen atoms in total.